The number of benzene rings is 1. The first kappa shape index (κ1) is 17.4. The molecule has 0 radical (unpaired) electrons. The van der Waals surface area contributed by atoms with E-state index in [1.165, 1.54) is 0 Å². The third-order valence-corrected chi connectivity index (χ3v) is 3.85. The van der Waals surface area contributed by atoms with Crippen LogP contribution in [0.3, 0.4) is 0 Å². The zero-order chi connectivity index (χ0) is 16.7. The lowest BCUT2D eigenvalue weighted by molar-refractivity contribution is 0.0879. The number of hydrogen-bond donors (Lipinski definition) is 1. The molecule has 0 atom stereocenters. The lowest BCUT2D eigenvalue weighted by atomic mass is 9.96. The molecule has 0 bridgehead atoms. The zero-order valence-corrected chi connectivity index (χ0v) is 14.0. The number of ether oxygens (including phenoxy) is 1. The van der Waals surface area contributed by atoms with Crippen LogP contribution in [0.15, 0.2) is 40.9 Å². The summed E-state index contributed by atoms with van der Waals surface area (Å²) in [5.74, 6) is 0.559. The van der Waals surface area contributed by atoms with Gasteiger partial charge in [0.05, 0.1) is 6.61 Å². The molecule has 1 aromatic carbocycles. The maximum atomic E-state index is 12.1. The van der Waals surface area contributed by atoms with Crippen molar-refractivity contribution >= 4 is 5.78 Å². The Morgan fingerprint density at radius 3 is 2.70 bits per heavy atom. The number of carbonyl (C=O) groups excluding carboxylic acids is 1. The molecule has 0 aliphatic heterocycles. The summed E-state index contributed by atoms with van der Waals surface area (Å²) in [7, 11) is 1.89. The topological polar surface area (TPSA) is 64.4 Å². The highest BCUT2D eigenvalue weighted by Crippen LogP contribution is 2.15. The molecule has 0 aliphatic carbocycles. The van der Waals surface area contributed by atoms with Gasteiger partial charge in [-0.25, -0.2) is 0 Å². The number of aromatic nitrogens is 1. The SMILES string of the molecule is CNC(C)(C)CCC(=O)c1cc(COCc2ccccc2)on1. The predicted octanol–water partition coefficient (Wildman–Crippen LogP) is 3.35. The van der Waals surface area contributed by atoms with Crippen LogP contribution in [0, 0.1) is 0 Å². The van der Waals surface area contributed by atoms with Crippen molar-refractivity contribution in [3.8, 4) is 0 Å². The maximum absolute atomic E-state index is 12.1. The summed E-state index contributed by atoms with van der Waals surface area (Å²) >= 11 is 0. The number of Topliss-reactive ketones (excluding diaryl/α,β-unsaturated/α-hetero) is 1. The first-order valence-corrected chi connectivity index (χ1v) is 7.79. The molecule has 0 amide bonds. The number of nitrogens with one attached hydrogen (secondary N) is 1. The van der Waals surface area contributed by atoms with Crippen molar-refractivity contribution in [1.82, 2.24) is 10.5 Å². The summed E-state index contributed by atoms with van der Waals surface area (Å²) in [6.45, 7) is 4.93. The average Bonchev–Trinajstić information content (AvgIpc) is 3.03. The molecule has 0 aliphatic rings. The third kappa shape index (κ3) is 5.62. The first-order valence-electron chi connectivity index (χ1n) is 7.79. The quantitative estimate of drug-likeness (QED) is 0.719. The van der Waals surface area contributed by atoms with Crippen LogP contribution in [0.25, 0.3) is 0 Å². The van der Waals surface area contributed by atoms with Crippen molar-refractivity contribution in [2.75, 3.05) is 7.05 Å². The van der Waals surface area contributed by atoms with E-state index in [1.54, 1.807) is 6.07 Å². The van der Waals surface area contributed by atoms with Gasteiger partial charge in [0.1, 0.15) is 12.3 Å². The summed E-state index contributed by atoms with van der Waals surface area (Å²) < 4.78 is 10.7. The van der Waals surface area contributed by atoms with E-state index in [9.17, 15) is 4.79 Å². The highest BCUT2D eigenvalue weighted by molar-refractivity contribution is 5.94. The minimum absolute atomic E-state index is 0.00798. The van der Waals surface area contributed by atoms with E-state index < -0.39 is 0 Å². The minimum atomic E-state index is -0.0684. The van der Waals surface area contributed by atoms with Crippen LogP contribution in [0.1, 0.15) is 48.5 Å². The van der Waals surface area contributed by atoms with Crippen LogP contribution < -0.4 is 5.32 Å². The van der Waals surface area contributed by atoms with Crippen molar-refractivity contribution in [3.63, 3.8) is 0 Å². The summed E-state index contributed by atoms with van der Waals surface area (Å²) in [5, 5.41) is 7.02. The number of rotatable bonds is 9. The van der Waals surface area contributed by atoms with Gasteiger partial charge in [-0.15, -0.1) is 0 Å². The molecule has 1 aromatic heterocycles. The van der Waals surface area contributed by atoms with Gasteiger partial charge >= 0.3 is 0 Å². The van der Waals surface area contributed by atoms with Gasteiger partial charge in [-0.1, -0.05) is 35.5 Å². The Kier molecular flexibility index (Phi) is 6.07. The van der Waals surface area contributed by atoms with Crippen LogP contribution in [0.2, 0.25) is 0 Å². The average molecular weight is 316 g/mol. The van der Waals surface area contributed by atoms with Crippen molar-refractivity contribution in [3.05, 3.63) is 53.4 Å². The zero-order valence-electron chi connectivity index (χ0n) is 14.0. The summed E-state index contributed by atoms with van der Waals surface area (Å²) in [4.78, 5) is 12.1. The molecular formula is C18H24N2O3. The van der Waals surface area contributed by atoms with Crippen molar-refractivity contribution < 1.29 is 14.1 Å². The van der Waals surface area contributed by atoms with Gasteiger partial charge in [0.15, 0.2) is 11.5 Å². The Balaban J connectivity index is 1.79. The third-order valence-electron chi connectivity index (χ3n) is 3.85. The van der Waals surface area contributed by atoms with Gasteiger partial charge in [-0.2, -0.15) is 0 Å². The fraction of sp³-hybridized carbons (Fsp3) is 0.444. The lowest BCUT2D eigenvalue weighted by Crippen LogP contribution is -2.36. The molecule has 23 heavy (non-hydrogen) atoms. The molecule has 5 nitrogen and oxygen atoms in total. The van der Waals surface area contributed by atoms with Gasteiger partial charge in [0, 0.05) is 18.0 Å². The maximum Gasteiger partial charge on any atom is 0.184 e. The fourth-order valence-electron chi connectivity index (χ4n) is 2.04. The molecule has 5 heteroatoms. The summed E-state index contributed by atoms with van der Waals surface area (Å²) in [6.07, 6.45) is 1.18. The number of carbonyl (C=O) groups is 1. The molecule has 0 spiro atoms. The first-order chi connectivity index (χ1) is 11.0. The Labute approximate surface area is 137 Å². The molecule has 2 aromatic rings. The molecule has 1 heterocycles. The largest absolute Gasteiger partial charge is 0.369 e. The highest BCUT2D eigenvalue weighted by Gasteiger charge is 2.19. The van der Waals surface area contributed by atoms with Crippen molar-refractivity contribution in [2.45, 2.75) is 45.4 Å². The highest BCUT2D eigenvalue weighted by atomic mass is 16.5. The van der Waals surface area contributed by atoms with Crippen LogP contribution in [-0.2, 0) is 18.0 Å². The molecular weight excluding hydrogens is 292 g/mol. The molecule has 0 fully saturated rings. The molecule has 124 valence electrons. The van der Waals surface area contributed by atoms with Crippen LogP contribution >= 0.6 is 0 Å². The van der Waals surface area contributed by atoms with Gasteiger partial charge in [-0.3, -0.25) is 4.79 Å². The van der Waals surface area contributed by atoms with E-state index in [1.807, 2.05) is 37.4 Å². The second-order valence-electron chi connectivity index (χ2n) is 6.21. The second-order valence-corrected chi connectivity index (χ2v) is 6.21. The van der Waals surface area contributed by atoms with Gasteiger partial charge in [0.25, 0.3) is 0 Å². The Bertz CT molecular complexity index is 620. The minimum Gasteiger partial charge on any atom is -0.369 e. The van der Waals surface area contributed by atoms with E-state index in [2.05, 4.69) is 24.3 Å². The van der Waals surface area contributed by atoms with Gasteiger partial charge < -0.3 is 14.6 Å². The van der Waals surface area contributed by atoms with Gasteiger partial charge in [-0.05, 0) is 32.9 Å². The molecule has 0 saturated carbocycles. The predicted molar refractivity (Wildman–Crippen MR) is 88.1 cm³/mol. The van der Waals surface area contributed by atoms with E-state index in [0.717, 1.165) is 12.0 Å². The normalized spacial score (nSPS) is 11.6. The molecule has 1 N–H and O–H groups in total. The van der Waals surface area contributed by atoms with Crippen molar-refractivity contribution in [2.24, 2.45) is 0 Å². The standard InChI is InChI=1S/C18H24N2O3/c1-18(2,19-3)10-9-17(21)16-11-15(23-20-16)13-22-12-14-7-5-4-6-8-14/h4-8,11,19H,9-10,12-13H2,1-3H3. The Morgan fingerprint density at radius 2 is 2.00 bits per heavy atom. The summed E-state index contributed by atoms with van der Waals surface area (Å²) in [6, 6.07) is 11.6. The second kappa shape index (κ2) is 8.04. The van der Waals surface area contributed by atoms with Crippen LogP contribution in [-0.4, -0.2) is 23.5 Å². The molecule has 0 saturated heterocycles. The van der Waals surface area contributed by atoms with Crippen molar-refractivity contribution in [1.29, 1.82) is 0 Å². The summed E-state index contributed by atoms with van der Waals surface area (Å²) in [5.41, 5.74) is 1.40. The fourth-order valence-corrected chi connectivity index (χ4v) is 2.04. The van der Waals surface area contributed by atoms with Crippen LogP contribution in [0.5, 0.6) is 0 Å². The number of ketones is 1. The smallest absolute Gasteiger partial charge is 0.184 e. The van der Waals surface area contributed by atoms with E-state index in [0.29, 0.717) is 31.1 Å². The number of hydrogen-bond acceptors (Lipinski definition) is 5. The molecule has 0 unspecified atom stereocenters. The van der Waals surface area contributed by atoms with Gasteiger partial charge in [0.2, 0.25) is 0 Å². The van der Waals surface area contributed by atoms with Crippen LogP contribution in [0.4, 0.5) is 0 Å². The van der Waals surface area contributed by atoms with E-state index in [4.69, 9.17) is 9.26 Å². The van der Waals surface area contributed by atoms with E-state index in [-0.39, 0.29) is 11.3 Å². The lowest BCUT2D eigenvalue weighted by Gasteiger charge is -2.22. The number of nitrogens with zero attached hydrogens (tertiary/aromatic N) is 1. The molecule has 2 rings (SSSR count). The Hall–Kier alpha value is -1.98. The Morgan fingerprint density at radius 1 is 1.26 bits per heavy atom. The van der Waals surface area contributed by atoms with E-state index >= 15 is 0 Å². The monoisotopic (exact) mass is 316 g/mol.